The molecule has 2 heterocycles. The van der Waals surface area contributed by atoms with Crippen molar-refractivity contribution in [2.24, 2.45) is 5.73 Å². The van der Waals surface area contributed by atoms with E-state index in [1.807, 2.05) is 0 Å². The maximum absolute atomic E-state index is 5.80. The molecule has 2 radical (unpaired) electrons. The summed E-state index contributed by atoms with van der Waals surface area (Å²) in [5, 5.41) is 0. The van der Waals surface area contributed by atoms with E-state index in [4.69, 9.17) is 29.2 Å². The normalized spacial score (nSPS) is 51.4. The molecule has 2 fully saturated rings. The van der Waals surface area contributed by atoms with Gasteiger partial charge < -0.3 is 21.3 Å². The SMILES string of the molecule is [B]C1OC2(COI)C(N)OC1C2OI. The molecule has 0 aromatic heterocycles. The lowest BCUT2D eigenvalue weighted by Gasteiger charge is -2.33. The standard InChI is InChI=1S/C6H8BI2NO4/c7-4-2-3(14-9)6(13-4,1-11-8)5(10)12-2/h2-5H,1,10H2. The zero-order chi connectivity index (χ0) is 10.3. The predicted octanol–water partition coefficient (Wildman–Crippen LogP) is 0.0354. The Morgan fingerprint density at radius 2 is 2.21 bits per heavy atom. The first kappa shape index (κ1) is 11.8. The third kappa shape index (κ3) is 1.53. The number of fused-ring (bicyclic) bond motifs is 2. The molecular formula is C6H8BI2NO4. The second-order valence-corrected chi connectivity index (χ2v) is 4.45. The maximum atomic E-state index is 5.80. The van der Waals surface area contributed by atoms with Crippen molar-refractivity contribution in [1.29, 1.82) is 0 Å². The highest BCUT2D eigenvalue weighted by atomic mass is 127. The number of hydrogen-bond acceptors (Lipinski definition) is 5. The molecule has 78 valence electrons. The summed E-state index contributed by atoms with van der Waals surface area (Å²) >= 11 is 3.58. The Morgan fingerprint density at radius 3 is 2.79 bits per heavy atom. The Kier molecular flexibility index (Phi) is 3.62. The first-order valence-electron chi connectivity index (χ1n) is 4.01. The molecule has 5 atom stereocenters. The molecule has 2 aliphatic heterocycles. The summed E-state index contributed by atoms with van der Waals surface area (Å²) in [6.07, 6.45) is -1.14. The van der Waals surface area contributed by atoms with Crippen LogP contribution < -0.4 is 5.73 Å². The van der Waals surface area contributed by atoms with E-state index < -0.39 is 17.8 Å². The molecule has 0 aromatic rings. The lowest BCUT2D eigenvalue weighted by atomic mass is 9.92. The van der Waals surface area contributed by atoms with Crippen molar-refractivity contribution >= 4 is 53.9 Å². The summed E-state index contributed by atoms with van der Waals surface area (Å²) in [5.74, 6) is 0. The fraction of sp³-hybridized carbons (Fsp3) is 1.00. The summed E-state index contributed by atoms with van der Waals surface area (Å²) in [4.78, 5) is 0. The number of nitrogens with two attached hydrogens (primary N) is 1. The van der Waals surface area contributed by atoms with E-state index in [-0.39, 0.29) is 12.2 Å². The molecule has 14 heavy (non-hydrogen) atoms. The van der Waals surface area contributed by atoms with Gasteiger partial charge in [-0.05, 0) is 0 Å². The Bertz CT molecular complexity index is 236. The molecule has 5 unspecified atom stereocenters. The molecule has 2 aliphatic rings. The monoisotopic (exact) mass is 423 g/mol. The second-order valence-electron chi connectivity index (χ2n) is 3.32. The highest BCUT2D eigenvalue weighted by Crippen LogP contribution is 2.44. The van der Waals surface area contributed by atoms with Gasteiger partial charge in [0.15, 0.2) is 5.60 Å². The average molecular weight is 423 g/mol. The van der Waals surface area contributed by atoms with Crippen molar-refractivity contribution in [3.05, 3.63) is 0 Å². The van der Waals surface area contributed by atoms with Crippen LogP contribution >= 0.6 is 46.0 Å². The van der Waals surface area contributed by atoms with E-state index in [2.05, 4.69) is 0 Å². The molecule has 0 saturated carbocycles. The summed E-state index contributed by atoms with van der Waals surface area (Å²) in [5.41, 5.74) is 5.03. The fourth-order valence-corrected chi connectivity index (χ4v) is 3.12. The lowest BCUT2D eigenvalue weighted by Crippen LogP contribution is -2.55. The largest absolute Gasteiger partial charge is 0.369 e. The van der Waals surface area contributed by atoms with Crippen molar-refractivity contribution in [2.75, 3.05) is 6.61 Å². The van der Waals surface area contributed by atoms with Crippen LogP contribution in [0.15, 0.2) is 0 Å². The molecule has 0 aromatic carbocycles. The first-order valence-corrected chi connectivity index (χ1v) is 5.77. The van der Waals surface area contributed by atoms with Crippen LogP contribution in [0.5, 0.6) is 0 Å². The lowest BCUT2D eigenvalue weighted by molar-refractivity contribution is -0.169. The van der Waals surface area contributed by atoms with E-state index in [9.17, 15) is 0 Å². The zero-order valence-corrected chi connectivity index (χ0v) is 11.4. The molecule has 0 amide bonds. The minimum Gasteiger partial charge on any atom is -0.369 e. The molecule has 2 bridgehead atoms. The van der Waals surface area contributed by atoms with Crippen LogP contribution in [0, 0.1) is 0 Å². The number of hydrogen-bond donors (Lipinski definition) is 1. The van der Waals surface area contributed by atoms with Gasteiger partial charge in [-0.2, -0.15) is 0 Å². The van der Waals surface area contributed by atoms with Gasteiger partial charge in [0.2, 0.25) is 0 Å². The van der Waals surface area contributed by atoms with Crippen LogP contribution in [0.4, 0.5) is 0 Å². The average Bonchev–Trinajstić information content (AvgIpc) is 2.54. The summed E-state index contributed by atoms with van der Waals surface area (Å²) in [6, 6.07) is -0.499. The van der Waals surface area contributed by atoms with Crippen LogP contribution in [0.1, 0.15) is 0 Å². The fourth-order valence-electron chi connectivity index (χ4n) is 1.91. The quantitative estimate of drug-likeness (QED) is 0.514. The minimum atomic E-state index is -0.771. The topological polar surface area (TPSA) is 62.9 Å². The van der Waals surface area contributed by atoms with Crippen molar-refractivity contribution in [3.63, 3.8) is 0 Å². The van der Waals surface area contributed by atoms with Gasteiger partial charge in [0, 0.05) is 6.00 Å². The first-order chi connectivity index (χ1) is 6.65. The number of rotatable bonds is 3. The Labute approximate surface area is 111 Å². The van der Waals surface area contributed by atoms with E-state index >= 15 is 0 Å². The van der Waals surface area contributed by atoms with Crippen molar-refractivity contribution < 1.29 is 15.6 Å². The second kappa shape index (κ2) is 4.30. The van der Waals surface area contributed by atoms with Gasteiger partial charge >= 0.3 is 0 Å². The van der Waals surface area contributed by atoms with Crippen molar-refractivity contribution in [1.82, 2.24) is 0 Å². The van der Waals surface area contributed by atoms with Crippen LogP contribution in [-0.2, 0) is 15.6 Å². The maximum Gasteiger partial charge on any atom is 0.160 e. The summed E-state index contributed by atoms with van der Waals surface area (Å²) in [6.45, 7) is 0.298. The Hall–Kier alpha value is 1.32. The third-order valence-corrected chi connectivity index (χ3v) is 3.48. The van der Waals surface area contributed by atoms with E-state index in [1.54, 1.807) is 46.0 Å². The molecule has 5 nitrogen and oxygen atoms in total. The van der Waals surface area contributed by atoms with Gasteiger partial charge in [-0.15, -0.1) is 0 Å². The zero-order valence-electron chi connectivity index (χ0n) is 7.06. The highest BCUT2D eigenvalue weighted by Gasteiger charge is 2.65. The van der Waals surface area contributed by atoms with Gasteiger partial charge in [0.1, 0.15) is 72.3 Å². The predicted molar refractivity (Wildman–Crippen MR) is 65.1 cm³/mol. The molecule has 8 heteroatoms. The van der Waals surface area contributed by atoms with Gasteiger partial charge in [-0.25, -0.2) is 0 Å². The molecule has 0 spiro atoms. The van der Waals surface area contributed by atoms with Crippen molar-refractivity contribution in [3.8, 4) is 0 Å². The third-order valence-electron chi connectivity index (χ3n) is 2.62. The smallest absolute Gasteiger partial charge is 0.160 e. The van der Waals surface area contributed by atoms with Gasteiger partial charge in [0.25, 0.3) is 0 Å². The van der Waals surface area contributed by atoms with Crippen LogP contribution in [0.3, 0.4) is 0 Å². The molecule has 2 N–H and O–H groups in total. The molecule has 2 rings (SSSR count). The number of ether oxygens (including phenoxy) is 2. The summed E-state index contributed by atoms with van der Waals surface area (Å²) < 4.78 is 21.3. The highest BCUT2D eigenvalue weighted by molar-refractivity contribution is 14.1. The van der Waals surface area contributed by atoms with E-state index in [1.165, 1.54) is 0 Å². The van der Waals surface area contributed by atoms with Crippen molar-refractivity contribution in [2.45, 2.75) is 30.0 Å². The van der Waals surface area contributed by atoms with Crippen LogP contribution in [0.2, 0.25) is 0 Å². The summed E-state index contributed by atoms with van der Waals surface area (Å²) in [7, 11) is 5.72. The molecule has 0 aliphatic carbocycles. The Morgan fingerprint density at radius 1 is 1.50 bits per heavy atom. The van der Waals surface area contributed by atoms with Gasteiger partial charge in [0.05, 0.1) is 6.61 Å². The number of halogens is 2. The Balaban J connectivity index is 2.25. The van der Waals surface area contributed by atoms with Crippen LogP contribution in [-0.4, -0.2) is 44.5 Å². The van der Waals surface area contributed by atoms with Crippen LogP contribution in [0.25, 0.3) is 0 Å². The van der Waals surface area contributed by atoms with E-state index in [0.717, 1.165) is 0 Å². The minimum absolute atomic E-state index is 0.275. The molecular weight excluding hydrogens is 415 g/mol. The van der Waals surface area contributed by atoms with Gasteiger partial charge in [-0.3, -0.25) is 0 Å². The van der Waals surface area contributed by atoms with Gasteiger partial charge in [-0.1, -0.05) is 0 Å². The van der Waals surface area contributed by atoms with E-state index in [0.29, 0.717) is 6.61 Å². The molecule has 2 saturated heterocycles.